The number of unbranched alkanes of at least 4 members (excludes halogenated alkanes) is 4. The molecule has 4 heteroatoms. The quantitative estimate of drug-likeness (QED) is 0.573. The lowest BCUT2D eigenvalue weighted by atomic mass is 10.1. The smallest absolute Gasteiger partial charge is 0.143 e. The van der Waals surface area contributed by atoms with E-state index in [0.29, 0.717) is 5.15 Å². The summed E-state index contributed by atoms with van der Waals surface area (Å²) in [6.45, 7) is 3.23. The van der Waals surface area contributed by atoms with Crippen LogP contribution in [0.15, 0.2) is 16.7 Å². The average Bonchev–Trinajstić information content (AvgIpc) is 2.28. The molecule has 0 saturated heterocycles. The van der Waals surface area contributed by atoms with E-state index in [1.165, 1.54) is 32.1 Å². The Kier molecular flexibility index (Phi) is 6.81. The van der Waals surface area contributed by atoms with Gasteiger partial charge in [-0.15, -0.1) is 0 Å². The zero-order valence-electron chi connectivity index (χ0n) is 9.60. The molecule has 90 valence electrons. The summed E-state index contributed by atoms with van der Waals surface area (Å²) in [5, 5.41) is 3.85. The van der Waals surface area contributed by atoms with Gasteiger partial charge in [-0.25, -0.2) is 4.98 Å². The number of aromatic nitrogens is 1. The van der Waals surface area contributed by atoms with Gasteiger partial charge in [-0.2, -0.15) is 0 Å². The van der Waals surface area contributed by atoms with Crippen molar-refractivity contribution in [3.05, 3.63) is 21.9 Å². The number of rotatable bonds is 7. The predicted molar refractivity (Wildman–Crippen MR) is 74.2 cm³/mol. The number of nitrogens with zero attached hydrogens (tertiary/aromatic N) is 1. The van der Waals surface area contributed by atoms with E-state index in [1.54, 1.807) is 6.20 Å². The van der Waals surface area contributed by atoms with Crippen LogP contribution in [0.5, 0.6) is 0 Å². The molecule has 0 saturated carbocycles. The van der Waals surface area contributed by atoms with Crippen molar-refractivity contribution in [3.63, 3.8) is 0 Å². The fourth-order valence-electron chi connectivity index (χ4n) is 1.48. The minimum Gasteiger partial charge on any atom is -0.384 e. The van der Waals surface area contributed by atoms with Gasteiger partial charge in [0.15, 0.2) is 0 Å². The maximum atomic E-state index is 5.81. The number of halogens is 2. The maximum absolute atomic E-state index is 5.81. The highest BCUT2D eigenvalue weighted by molar-refractivity contribution is 9.10. The number of pyridine rings is 1. The minimum absolute atomic E-state index is 0.508. The van der Waals surface area contributed by atoms with Crippen LogP contribution in [-0.2, 0) is 0 Å². The first kappa shape index (κ1) is 13.8. The van der Waals surface area contributed by atoms with Gasteiger partial charge >= 0.3 is 0 Å². The van der Waals surface area contributed by atoms with E-state index in [-0.39, 0.29) is 0 Å². The minimum atomic E-state index is 0.508. The zero-order chi connectivity index (χ0) is 11.8. The summed E-state index contributed by atoms with van der Waals surface area (Å²) < 4.78 is 0.838. The molecule has 1 aromatic heterocycles. The number of hydrogen-bond donors (Lipinski definition) is 1. The molecule has 0 radical (unpaired) electrons. The zero-order valence-corrected chi connectivity index (χ0v) is 11.9. The van der Waals surface area contributed by atoms with E-state index in [2.05, 4.69) is 33.2 Å². The first-order chi connectivity index (χ1) is 7.74. The second-order valence-electron chi connectivity index (χ2n) is 3.84. The van der Waals surface area contributed by atoms with E-state index in [9.17, 15) is 0 Å². The molecule has 16 heavy (non-hydrogen) atoms. The Bertz CT molecular complexity index is 318. The molecule has 0 aliphatic rings. The fourth-order valence-corrected chi connectivity index (χ4v) is 1.93. The van der Waals surface area contributed by atoms with Gasteiger partial charge in [-0.05, 0) is 28.4 Å². The maximum Gasteiger partial charge on any atom is 0.143 e. The molecule has 0 amide bonds. The third kappa shape index (κ3) is 5.17. The Labute approximate surface area is 111 Å². The van der Waals surface area contributed by atoms with Crippen LogP contribution in [0.2, 0.25) is 5.15 Å². The molecule has 1 rings (SSSR count). The van der Waals surface area contributed by atoms with Crippen LogP contribution < -0.4 is 5.32 Å². The molecule has 1 N–H and O–H groups in total. The Balaban J connectivity index is 2.19. The van der Waals surface area contributed by atoms with Gasteiger partial charge < -0.3 is 5.32 Å². The van der Waals surface area contributed by atoms with E-state index in [1.807, 2.05) is 6.07 Å². The SMILES string of the molecule is CCCCCCCNc1cnc(Cl)c(Br)c1. The molecule has 1 aromatic rings. The molecule has 0 unspecified atom stereocenters. The van der Waals surface area contributed by atoms with Gasteiger partial charge in [-0.1, -0.05) is 44.2 Å². The second-order valence-corrected chi connectivity index (χ2v) is 5.05. The predicted octanol–water partition coefficient (Wildman–Crippen LogP) is 4.88. The summed E-state index contributed by atoms with van der Waals surface area (Å²) >= 11 is 9.17. The molecule has 0 spiro atoms. The van der Waals surface area contributed by atoms with E-state index in [4.69, 9.17) is 11.6 Å². The van der Waals surface area contributed by atoms with E-state index < -0.39 is 0 Å². The third-order valence-electron chi connectivity index (χ3n) is 2.41. The molecule has 0 bridgehead atoms. The first-order valence-electron chi connectivity index (χ1n) is 5.79. The van der Waals surface area contributed by atoms with Crippen LogP contribution in [0.1, 0.15) is 39.0 Å². The van der Waals surface area contributed by atoms with Crippen molar-refractivity contribution in [2.24, 2.45) is 0 Å². The lowest BCUT2D eigenvalue weighted by Gasteiger charge is -2.06. The third-order valence-corrected chi connectivity index (χ3v) is 3.54. The standard InChI is InChI=1S/C12H18BrClN2/c1-2-3-4-5-6-7-15-10-8-11(13)12(14)16-9-10/h8-9,15H,2-7H2,1H3. The van der Waals surface area contributed by atoms with Crippen LogP contribution in [0.3, 0.4) is 0 Å². The summed E-state index contributed by atoms with van der Waals surface area (Å²) in [5.74, 6) is 0. The molecule has 0 atom stereocenters. The molecule has 0 aliphatic carbocycles. The summed E-state index contributed by atoms with van der Waals surface area (Å²) in [7, 11) is 0. The monoisotopic (exact) mass is 304 g/mol. The van der Waals surface area contributed by atoms with Crippen molar-refractivity contribution in [3.8, 4) is 0 Å². The van der Waals surface area contributed by atoms with E-state index >= 15 is 0 Å². The Hall–Kier alpha value is -0.280. The molecule has 1 heterocycles. The second kappa shape index (κ2) is 7.91. The molecule has 0 aliphatic heterocycles. The van der Waals surface area contributed by atoms with Crippen molar-refractivity contribution in [1.82, 2.24) is 4.98 Å². The largest absolute Gasteiger partial charge is 0.384 e. The van der Waals surface area contributed by atoms with Gasteiger partial charge in [0.1, 0.15) is 5.15 Å². The summed E-state index contributed by atoms with van der Waals surface area (Å²) in [6.07, 6.45) is 8.23. The van der Waals surface area contributed by atoms with Gasteiger partial charge in [0.2, 0.25) is 0 Å². The normalized spacial score (nSPS) is 10.4. The summed E-state index contributed by atoms with van der Waals surface area (Å²) in [4.78, 5) is 4.06. The van der Waals surface area contributed by atoms with Gasteiger partial charge in [-0.3, -0.25) is 0 Å². The molecule has 2 nitrogen and oxygen atoms in total. The van der Waals surface area contributed by atoms with Crippen LogP contribution in [0.4, 0.5) is 5.69 Å². The summed E-state index contributed by atoms with van der Waals surface area (Å²) in [6, 6.07) is 1.96. The lowest BCUT2D eigenvalue weighted by Crippen LogP contribution is -2.01. The Morgan fingerprint density at radius 1 is 1.31 bits per heavy atom. The highest BCUT2D eigenvalue weighted by Gasteiger charge is 1.99. The number of hydrogen-bond acceptors (Lipinski definition) is 2. The van der Waals surface area contributed by atoms with Crippen LogP contribution in [0.25, 0.3) is 0 Å². The lowest BCUT2D eigenvalue weighted by molar-refractivity contribution is 0.645. The number of anilines is 1. The molecular weight excluding hydrogens is 288 g/mol. The summed E-state index contributed by atoms with van der Waals surface area (Å²) in [5.41, 5.74) is 1.02. The first-order valence-corrected chi connectivity index (χ1v) is 6.96. The molecule has 0 fully saturated rings. The Morgan fingerprint density at radius 3 is 2.75 bits per heavy atom. The van der Waals surface area contributed by atoms with Crippen LogP contribution in [-0.4, -0.2) is 11.5 Å². The van der Waals surface area contributed by atoms with Crippen LogP contribution in [0, 0.1) is 0 Å². The van der Waals surface area contributed by atoms with Gasteiger partial charge in [0.05, 0.1) is 16.4 Å². The van der Waals surface area contributed by atoms with Crippen molar-refractivity contribution in [1.29, 1.82) is 0 Å². The van der Waals surface area contributed by atoms with Crippen molar-refractivity contribution in [2.45, 2.75) is 39.0 Å². The highest BCUT2D eigenvalue weighted by Crippen LogP contribution is 2.22. The van der Waals surface area contributed by atoms with Crippen LogP contribution >= 0.6 is 27.5 Å². The molecule has 0 aromatic carbocycles. The number of nitrogens with one attached hydrogen (secondary N) is 1. The van der Waals surface area contributed by atoms with Gasteiger partial charge in [0, 0.05) is 6.54 Å². The van der Waals surface area contributed by atoms with Crippen molar-refractivity contribution < 1.29 is 0 Å². The topological polar surface area (TPSA) is 24.9 Å². The fraction of sp³-hybridized carbons (Fsp3) is 0.583. The highest BCUT2D eigenvalue weighted by atomic mass is 79.9. The Morgan fingerprint density at radius 2 is 2.06 bits per heavy atom. The molecular formula is C12H18BrClN2. The van der Waals surface area contributed by atoms with E-state index in [0.717, 1.165) is 16.7 Å². The van der Waals surface area contributed by atoms with Crippen molar-refractivity contribution in [2.75, 3.05) is 11.9 Å². The van der Waals surface area contributed by atoms with Crippen molar-refractivity contribution >= 4 is 33.2 Å². The average molecular weight is 306 g/mol. The van der Waals surface area contributed by atoms with Gasteiger partial charge in [0.25, 0.3) is 0 Å².